The van der Waals surface area contributed by atoms with Gasteiger partial charge in [-0.05, 0) is 35.8 Å². The zero-order chi connectivity index (χ0) is 12.5. The number of halogens is 3. The first-order valence-corrected chi connectivity index (χ1v) is 6.74. The van der Waals surface area contributed by atoms with Crippen LogP contribution in [0.3, 0.4) is 0 Å². The normalized spacial score (nSPS) is 11.9. The van der Waals surface area contributed by atoms with Crippen molar-refractivity contribution in [1.82, 2.24) is 0 Å². The van der Waals surface area contributed by atoms with Crippen LogP contribution in [0.15, 0.2) is 16.6 Å². The van der Waals surface area contributed by atoms with Crippen molar-refractivity contribution >= 4 is 31.6 Å². The van der Waals surface area contributed by atoms with Crippen molar-refractivity contribution in [3.8, 4) is 0 Å². The lowest BCUT2D eigenvalue weighted by atomic mass is 10.3. The second-order valence-electron chi connectivity index (χ2n) is 3.44. The topological polar surface area (TPSA) is 46.2 Å². The van der Waals surface area contributed by atoms with Gasteiger partial charge >= 0.3 is 0 Å². The van der Waals surface area contributed by atoms with E-state index in [1.54, 1.807) is 0 Å². The van der Waals surface area contributed by atoms with E-state index in [4.69, 9.17) is 0 Å². The molecule has 0 atom stereocenters. The van der Waals surface area contributed by atoms with Crippen LogP contribution in [-0.4, -0.2) is 13.7 Å². The Morgan fingerprint density at radius 2 is 1.81 bits per heavy atom. The van der Waals surface area contributed by atoms with Gasteiger partial charge < -0.3 is 0 Å². The molecule has 0 saturated carbocycles. The molecule has 0 aliphatic heterocycles. The molecule has 0 bridgehead atoms. The van der Waals surface area contributed by atoms with Gasteiger partial charge in [0.1, 0.15) is 11.6 Å². The molecule has 0 aliphatic rings. The lowest BCUT2D eigenvalue weighted by Crippen LogP contribution is -2.23. The van der Waals surface area contributed by atoms with E-state index in [9.17, 15) is 17.2 Å². The standard InChI is InChI=1S/C9H10BrF2NO2S/c1-5(2)16(14,15)13-9-4-7(11)6(10)3-8(9)12/h3-5,13H,1-2H3. The molecule has 7 heteroatoms. The van der Waals surface area contributed by atoms with Gasteiger partial charge in [0.2, 0.25) is 10.0 Å². The minimum atomic E-state index is -3.68. The summed E-state index contributed by atoms with van der Waals surface area (Å²) >= 11 is 2.80. The molecule has 1 N–H and O–H groups in total. The van der Waals surface area contributed by atoms with Crippen molar-refractivity contribution in [3.63, 3.8) is 0 Å². The Balaban J connectivity index is 3.13. The molecular formula is C9H10BrF2NO2S. The SMILES string of the molecule is CC(C)S(=O)(=O)Nc1cc(F)c(Br)cc1F. The van der Waals surface area contributed by atoms with Crippen molar-refractivity contribution in [2.45, 2.75) is 19.1 Å². The van der Waals surface area contributed by atoms with Crippen LogP contribution in [0.1, 0.15) is 13.8 Å². The average molecular weight is 314 g/mol. The highest BCUT2D eigenvalue weighted by molar-refractivity contribution is 9.10. The Bertz CT molecular complexity index is 502. The molecule has 0 amide bonds. The molecule has 3 nitrogen and oxygen atoms in total. The predicted molar refractivity (Wildman–Crippen MR) is 61.7 cm³/mol. The van der Waals surface area contributed by atoms with E-state index < -0.39 is 32.6 Å². The van der Waals surface area contributed by atoms with Gasteiger partial charge in [0.25, 0.3) is 0 Å². The van der Waals surface area contributed by atoms with E-state index in [1.807, 2.05) is 4.72 Å². The van der Waals surface area contributed by atoms with E-state index in [-0.39, 0.29) is 4.47 Å². The molecule has 0 fully saturated rings. The van der Waals surface area contributed by atoms with Gasteiger partial charge in [-0.25, -0.2) is 17.2 Å². The molecule has 0 saturated heterocycles. The third-order valence-electron chi connectivity index (χ3n) is 1.88. The molecule has 0 spiro atoms. The summed E-state index contributed by atoms with van der Waals surface area (Å²) in [6, 6.07) is 1.66. The highest BCUT2D eigenvalue weighted by Crippen LogP contribution is 2.24. The molecule has 0 radical (unpaired) electrons. The Hall–Kier alpha value is -0.690. The summed E-state index contributed by atoms with van der Waals surface area (Å²) < 4.78 is 51.2. The summed E-state index contributed by atoms with van der Waals surface area (Å²) in [6.45, 7) is 2.88. The molecule has 1 aromatic carbocycles. The first-order valence-electron chi connectivity index (χ1n) is 4.40. The maximum absolute atomic E-state index is 13.3. The fraction of sp³-hybridized carbons (Fsp3) is 0.333. The molecule has 0 heterocycles. The van der Waals surface area contributed by atoms with Crippen LogP contribution in [-0.2, 0) is 10.0 Å². The highest BCUT2D eigenvalue weighted by Gasteiger charge is 2.18. The van der Waals surface area contributed by atoms with E-state index in [0.29, 0.717) is 0 Å². The molecule has 90 valence electrons. The van der Waals surface area contributed by atoms with Crippen LogP contribution in [0.2, 0.25) is 0 Å². The number of hydrogen-bond acceptors (Lipinski definition) is 2. The summed E-state index contributed by atoms with van der Waals surface area (Å²) in [7, 11) is -3.68. The van der Waals surface area contributed by atoms with Crippen molar-refractivity contribution in [3.05, 3.63) is 28.2 Å². The zero-order valence-corrected chi connectivity index (χ0v) is 11.0. The smallest absolute Gasteiger partial charge is 0.235 e. The number of hydrogen-bond donors (Lipinski definition) is 1. The van der Waals surface area contributed by atoms with Gasteiger partial charge in [0.15, 0.2) is 0 Å². The van der Waals surface area contributed by atoms with E-state index in [0.717, 1.165) is 12.1 Å². The number of rotatable bonds is 3. The fourth-order valence-electron chi connectivity index (χ4n) is 0.872. The number of benzene rings is 1. The first-order chi connectivity index (χ1) is 7.24. The van der Waals surface area contributed by atoms with Crippen molar-refractivity contribution in [2.75, 3.05) is 4.72 Å². The van der Waals surface area contributed by atoms with E-state index in [2.05, 4.69) is 15.9 Å². The highest BCUT2D eigenvalue weighted by atomic mass is 79.9. The van der Waals surface area contributed by atoms with Gasteiger partial charge in [-0.3, -0.25) is 4.72 Å². The minimum Gasteiger partial charge on any atom is -0.280 e. The van der Waals surface area contributed by atoms with Crippen LogP contribution in [0.4, 0.5) is 14.5 Å². The van der Waals surface area contributed by atoms with Crippen LogP contribution < -0.4 is 4.72 Å². The lowest BCUT2D eigenvalue weighted by molar-refractivity contribution is 0.587. The zero-order valence-electron chi connectivity index (χ0n) is 8.59. The summed E-state index contributed by atoms with van der Waals surface area (Å²) in [4.78, 5) is 0. The third kappa shape index (κ3) is 2.91. The monoisotopic (exact) mass is 313 g/mol. The van der Waals surface area contributed by atoms with Crippen LogP contribution in [0.25, 0.3) is 0 Å². The first kappa shape index (κ1) is 13.4. The van der Waals surface area contributed by atoms with Crippen LogP contribution in [0.5, 0.6) is 0 Å². The average Bonchev–Trinajstić information content (AvgIpc) is 2.13. The van der Waals surface area contributed by atoms with Crippen molar-refractivity contribution < 1.29 is 17.2 Å². The Kier molecular flexibility index (Phi) is 3.90. The maximum atomic E-state index is 13.3. The van der Waals surface area contributed by atoms with Crippen LogP contribution in [0, 0.1) is 11.6 Å². The molecule has 0 unspecified atom stereocenters. The number of sulfonamides is 1. The Labute approximate surface area is 101 Å². The van der Waals surface area contributed by atoms with Gasteiger partial charge in [-0.2, -0.15) is 0 Å². The summed E-state index contributed by atoms with van der Waals surface area (Å²) in [5.74, 6) is -1.57. The molecule has 0 aromatic heterocycles. The molecular weight excluding hydrogens is 304 g/mol. The van der Waals surface area contributed by atoms with Crippen LogP contribution >= 0.6 is 15.9 Å². The largest absolute Gasteiger partial charge is 0.280 e. The molecule has 16 heavy (non-hydrogen) atoms. The third-order valence-corrected chi connectivity index (χ3v) is 4.24. The maximum Gasteiger partial charge on any atom is 0.235 e. The van der Waals surface area contributed by atoms with Crippen molar-refractivity contribution in [1.29, 1.82) is 0 Å². The second kappa shape index (κ2) is 4.67. The molecule has 0 aliphatic carbocycles. The summed E-state index contributed by atoms with van der Waals surface area (Å²) in [5.41, 5.74) is -0.394. The summed E-state index contributed by atoms with van der Waals surface area (Å²) in [5, 5.41) is -0.724. The molecule has 1 rings (SSSR count). The Morgan fingerprint density at radius 3 is 2.31 bits per heavy atom. The minimum absolute atomic E-state index is 0.0579. The van der Waals surface area contributed by atoms with Crippen molar-refractivity contribution in [2.24, 2.45) is 0 Å². The number of nitrogens with one attached hydrogen (secondary N) is 1. The second-order valence-corrected chi connectivity index (χ2v) is 6.53. The van der Waals surface area contributed by atoms with Gasteiger partial charge in [-0.15, -0.1) is 0 Å². The van der Waals surface area contributed by atoms with E-state index in [1.165, 1.54) is 13.8 Å². The fourth-order valence-corrected chi connectivity index (χ4v) is 1.89. The van der Waals surface area contributed by atoms with Gasteiger partial charge in [-0.1, -0.05) is 0 Å². The van der Waals surface area contributed by atoms with E-state index >= 15 is 0 Å². The Morgan fingerprint density at radius 1 is 1.25 bits per heavy atom. The lowest BCUT2D eigenvalue weighted by Gasteiger charge is -2.11. The van der Waals surface area contributed by atoms with Gasteiger partial charge in [0, 0.05) is 6.07 Å². The molecule has 1 aromatic rings. The predicted octanol–water partition coefficient (Wildman–Crippen LogP) is 2.88. The quantitative estimate of drug-likeness (QED) is 0.872. The summed E-state index contributed by atoms with van der Waals surface area (Å²) in [6.07, 6.45) is 0. The number of anilines is 1. The van der Waals surface area contributed by atoms with Gasteiger partial charge in [0.05, 0.1) is 15.4 Å².